The Hall–Kier alpha value is -2.69. The average molecular weight is 362 g/mol. The molecule has 2 aliphatic rings. The first-order valence-corrected chi connectivity index (χ1v) is 9.73. The van der Waals surface area contributed by atoms with Crippen LogP contribution in [-0.2, 0) is 0 Å². The summed E-state index contributed by atoms with van der Waals surface area (Å²) >= 11 is 0. The second-order valence-electron chi connectivity index (χ2n) is 7.53. The van der Waals surface area contributed by atoms with Gasteiger partial charge in [0.1, 0.15) is 12.1 Å². The maximum Gasteiger partial charge on any atom is 0.253 e. The number of rotatable bonds is 4. The molecule has 140 valence electrons. The summed E-state index contributed by atoms with van der Waals surface area (Å²) in [5.74, 6) is 2.26. The molecule has 1 aliphatic heterocycles. The van der Waals surface area contributed by atoms with Crippen LogP contribution in [0.15, 0.2) is 48.8 Å². The Balaban J connectivity index is 1.55. The molecule has 1 aromatic heterocycles. The molecule has 5 heteroatoms. The van der Waals surface area contributed by atoms with Crippen molar-refractivity contribution in [2.45, 2.75) is 19.8 Å². The van der Waals surface area contributed by atoms with E-state index in [1.54, 1.807) is 6.33 Å². The molecule has 0 spiro atoms. The number of nitrogens with zero attached hydrogens (tertiary/aromatic N) is 4. The molecule has 0 N–H and O–H groups in total. The van der Waals surface area contributed by atoms with Crippen molar-refractivity contribution in [2.24, 2.45) is 11.8 Å². The van der Waals surface area contributed by atoms with Gasteiger partial charge in [0.15, 0.2) is 0 Å². The molecule has 1 saturated heterocycles. The lowest BCUT2D eigenvalue weighted by Crippen LogP contribution is -2.29. The van der Waals surface area contributed by atoms with Crippen molar-refractivity contribution in [3.05, 3.63) is 54.4 Å². The highest BCUT2D eigenvalue weighted by molar-refractivity contribution is 5.95. The molecule has 27 heavy (non-hydrogen) atoms. The van der Waals surface area contributed by atoms with Gasteiger partial charge in [-0.3, -0.25) is 4.79 Å². The summed E-state index contributed by atoms with van der Waals surface area (Å²) in [5, 5.41) is 0. The van der Waals surface area contributed by atoms with Crippen molar-refractivity contribution in [2.75, 3.05) is 31.6 Å². The van der Waals surface area contributed by atoms with Gasteiger partial charge in [0.25, 0.3) is 5.91 Å². The number of carbonyl (C=O) groups is 1. The van der Waals surface area contributed by atoms with Crippen molar-refractivity contribution >= 4 is 11.7 Å². The van der Waals surface area contributed by atoms with Crippen LogP contribution in [0.5, 0.6) is 0 Å². The lowest BCUT2D eigenvalue weighted by molar-refractivity contribution is 0.0784. The van der Waals surface area contributed by atoms with E-state index in [0.717, 1.165) is 55.1 Å². The van der Waals surface area contributed by atoms with Gasteiger partial charge in [-0.05, 0) is 43.7 Å². The fraction of sp³-hybridized carbons (Fsp3) is 0.409. The monoisotopic (exact) mass is 362 g/mol. The number of carbonyl (C=O) groups excluding carboxylic acids is 1. The van der Waals surface area contributed by atoms with E-state index in [-0.39, 0.29) is 5.91 Å². The third-order valence-electron chi connectivity index (χ3n) is 5.83. The van der Waals surface area contributed by atoms with Crippen LogP contribution in [0.4, 0.5) is 5.82 Å². The molecule has 1 amide bonds. The molecular formula is C22H26N4O. The lowest BCUT2D eigenvalue weighted by atomic mass is 9.86. The predicted octanol–water partition coefficient (Wildman–Crippen LogP) is 3.64. The Labute approximate surface area is 160 Å². The molecule has 0 saturated carbocycles. The molecule has 2 heterocycles. The molecule has 2 atom stereocenters. The molecule has 2 aromatic rings. The van der Waals surface area contributed by atoms with E-state index in [9.17, 15) is 4.79 Å². The molecule has 0 bridgehead atoms. The maximum absolute atomic E-state index is 13.1. The second kappa shape index (κ2) is 7.51. The van der Waals surface area contributed by atoms with Crippen LogP contribution in [0.25, 0.3) is 11.3 Å². The van der Waals surface area contributed by atoms with Crippen LogP contribution in [-0.4, -0.2) is 47.5 Å². The van der Waals surface area contributed by atoms with Crippen LogP contribution in [0, 0.1) is 11.8 Å². The third-order valence-corrected chi connectivity index (χ3v) is 5.83. The minimum Gasteiger partial charge on any atom is -0.360 e. The van der Waals surface area contributed by atoms with Gasteiger partial charge in [-0.2, -0.15) is 0 Å². The molecule has 2 unspecified atom stereocenters. The first-order valence-electron chi connectivity index (χ1n) is 9.73. The smallest absolute Gasteiger partial charge is 0.253 e. The van der Waals surface area contributed by atoms with Crippen molar-refractivity contribution in [1.29, 1.82) is 0 Å². The van der Waals surface area contributed by atoms with E-state index in [1.807, 2.05) is 42.3 Å². The Bertz CT molecular complexity index is 847. The lowest BCUT2D eigenvalue weighted by Gasteiger charge is -2.17. The average Bonchev–Trinajstić information content (AvgIpc) is 3.17. The zero-order valence-corrected chi connectivity index (χ0v) is 16.0. The minimum atomic E-state index is 0.131. The minimum absolute atomic E-state index is 0.131. The van der Waals surface area contributed by atoms with Gasteiger partial charge in [0.2, 0.25) is 0 Å². The van der Waals surface area contributed by atoms with Gasteiger partial charge >= 0.3 is 0 Å². The highest BCUT2D eigenvalue weighted by Crippen LogP contribution is 2.33. The predicted molar refractivity (Wildman–Crippen MR) is 108 cm³/mol. The van der Waals surface area contributed by atoms with Gasteiger partial charge in [-0.25, -0.2) is 9.97 Å². The summed E-state index contributed by atoms with van der Waals surface area (Å²) in [6.45, 7) is 4.71. The number of aromatic nitrogens is 2. The van der Waals surface area contributed by atoms with Gasteiger partial charge in [0, 0.05) is 43.9 Å². The number of fused-ring (bicyclic) bond motifs is 1. The molecule has 1 aromatic carbocycles. The van der Waals surface area contributed by atoms with Gasteiger partial charge in [-0.15, -0.1) is 0 Å². The van der Waals surface area contributed by atoms with E-state index < -0.39 is 0 Å². The van der Waals surface area contributed by atoms with Crippen molar-refractivity contribution in [3.8, 4) is 11.3 Å². The van der Waals surface area contributed by atoms with Crippen LogP contribution >= 0.6 is 0 Å². The first kappa shape index (κ1) is 17.7. The number of amides is 1. The molecule has 1 aliphatic carbocycles. The summed E-state index contributed by atoms with van der Waals surface area (Å²) in [6.07, 6.45) is 8.31. The fourth-order valence-electron chi connectivity index (χ4n) is 4.05. The second-order valence-corrected chi connectivity index (χ2v) is 7.53. The van der Waals surface area contributed by atoms with E-state index in [4.69, 9.17) is 0 Å². The zero-order valence-electron chi connectivity index (χ0n) is 16.0. The molecular weight excluding hydrogens is 336 g/mol. The quantitative estimate of drug-likeness (QED) is 0.779. The van der Waals surface area contributed by atoms with E-state index in [2.05, 4.69) is 33.9 Å². The number of hydrogen-bond donors (Lipinski definition) is 0. The standard InChI is InChI=1S/C22H26N4O/c1-3-25(2)21-12-20(23-15-24-21)16-9-6-10-17(11-16)22(27)26-13-18-7-4-5-8-19(18)14-26/h4-6,9-12,15,18-19H,3,7-8,13-14H2,1-2H3. The first-order chi connectivity index (χ1) is 13.2. The fourth-order valence-corrected chi connectivity index (χ4v) is 4.05. The summed E-state index contributed by atoms with van der Waals surface area (Å²) in [4.78, 5) is 25.9. The number of likely N-dealkylation sites (tertiary alicyclic amines) is 1. The van der Waals surface area contributed by atoms with Crippen molar-refractivity contribution in [1.82, 2.24) is 14.9 Å². The highest BCUT2D eigenvalue weighted by Gasteiger charge is 2.35. The van der Waals surface area contributed by atoms with Gasteiger partial charge in [-0.1, -0.05) is 24.3 Å². The molecule has 0 radical (unpaired) electrons. The normalized spacial score (nSPS) is 21.2. The largest absolute Gasteiger partial charge is 0.360 e. The van der Waals surface area contributed by atoms with Gasteiger partial charge in [0.05, 0.1) is 5.69 Å². The SMILES string of the molecule is CCN(C)c1cc(-c2cccc(C(=O)N3CC4CC=CCC4C3)c2)ncn1. The van der Waals surface area contributed by atoms with E-state index in [1.165, 1.54) is 0 Å². The zero-order chi connectivity index (χ0) is 18.8. The summed E-state index contributed by atoms with van der Waals surface area (Å²) in [7, 11) is 2.01. The molecule has 1 fully saturated rings. The number of allylic oxidation sites excluding steroid dienone is 2. The topological polar surface area (TPSA) is 49.3 Å². The Morgan fingerprint density at radius 3 is 2.59 bits per heavy atom. The molecule has 5 nitrogen and oxygen atoms in total. The van der Waals surface area contributed by atoms with Crippen molar-refractivity contribution in [3.63, 3.8) is 0 Å². The van der Waals surface area contributed by atoms with E-state index in [0.29, 0.717) is 11.8 Å². The van der Waals surface area contributed by atoms with Gasteiger partial charge < -0.3 is 9.80 Å². The number of hydrogen-bond acceptors (Lipinski definition) is 4. The maximum atomic E-state index is 13.1. The third kappa shape index (κ3) is 3.59. The number of benzene rings is 1. The van der Waals surface area contributed by atoms with Crippen LogP contribution < -0.4 is 4.90 Å². The van der Waals surface area contributed by atoms with Crippen molar-refractivity contribution < 1.29 is 4.79 Å². The summed E-state index contributed by atoms with van der Waals surface area (Å²) < 4.78 is 0. The molecule has 4 rings (SSSR count). The van der Waals surface area contributed by atoms with E-state index >= 15 is 0 Å². The summed E-state index contributed by atoms with van der Waals surface area (Å²) in [5.41, 5.74) is 2.53. The Morgan fingerprint density at radius 2 is 1.89 bits per heavy atom. The van der Waals surface area contributed by atoms with Crippen LogP contribution in [0.1, 0.15) is 30.1 Å². The highest BCUT2D eigenvalue weighted by atomic mass is 16.2. The van der Waals surface area contributed by atoms with Crippen LogP contribution in [0.2, 0.25) is 0 Å². The summed E-state index contributed by atoms with van der Waals surface area (Å²) in [6, 6.07) is 9.79. The van der Waals surface area contributed by atoms with Crippen LogP contribution in [0.3, 0.4) is 0 Å². The Morgan fingerprint density at radius 1 is 1.15 bits per heavy atom. The Kier molecular flexibility index (Phi) is 4.92. The number of anilines is 1.